The van der Waals surface area contributed by atoms with Gasteiger partial charge in [0.05, 0.1) is 12.1 Å². The first-order valence-electron chi connectivity index (χ1n) is 7.19. The van der Waals surface area contributed by atoms with Gasteiger partial charge in [-0.2, -0.15) is 5.26 Å². The maximum absolute atomic E-state index is 12.4. The van der Waals surface area contributed by atoms with Gasteiger partial charge in [0.1, 0.15) is 5.69 Å². The first-order chi connectivity index (χ1) is 9.61. The van der Waals surface area contributed by atoms with Crippen LogP contribution in [-0.4, -0.2) is 35.1 Å². The minimum Gasteiger partial charge on any atom is -0.378 e. The van der Waals surface area contributed by atoms with Crippen LogP contribution in [0, 0.1) is 11.3 Å². The van der Waals surface area contributed by atoms with Gasteiger partial charge in [0.2, 0.25) is 0 Å². The normalized spacial score (nSPS) is 19.2. The van der Waals surface area contributed by atoms with Gasteiger partial charge in [0.15, 0.2) is 0 Å². The lowest BCUT2D eigenvalue weighted by atomic mass is 10.2. The number of likely N-dealkylation sites (tertiary alicyclic amines) is 1. The second-order valence-corrected chi connectivity index (χ2v) is 5.58. The van der Waals surface area contributed by atoms with Gasteiger partial charge >= 0.3 is 0 Å². The fourth-order valence-corrected chi connectivity index (χ4v) is 2.67. The van der Waals surface area contributed by atoms with E-state index in [2.05, 4.69) is 16.3 Å². The molecule has 0 aromatic carbocycles. The number of nitrogens with zero attached hydrogens (tertiary/aromatic N) is 3. The Morgan fingerprint density at radius 2 is 2.35 bits per heavy atom. The summed E-state index contributed by atoms with van der Waals surface area (Å²) in [5, 5.41) is 11.8. The van der Waals surface area contributed by atoms with Crippen LogP contribution in [0.2, 0.25) is 0 Å². The van der Waals surface area contributed by atoms with E-state index in [0.717, 1.165) is 26.1 Å². The third-order valence-corrected chi connectivity index (χ3v) is 3.60. The van der Waals surface area contributed by atoms with Crippen molar-refractivity contribution >= 4 is 5.69 Å². The molecule has 0 radical (unpaired) electrons. The third kappa shape index (κ3) is 3.40. The van der Waals surface area contributed by atoms with Crippen LogP contribution in [-0.2, 0) is 0 Å². The number of nitrogens with one attached hydrogen (secondary N) is 1. The Morgan fingerprint density at radius 1 is 1.55 bits per heavy atom. The van der Waals surface area contributed by atoms with E-state index in [0.29, 0.717) is 12.1 Å². The quantitative estimate of drug-likeness (QED) is 0.890. The molecule has 1 N–H and O–H groups in total. The summed E-state index contributed by atoms with van der Waals surface area (Å²) in [5.41, 5.74) is 0.714. The molecule has 0 amide bonds. The molecule has 0 bridgehead atoms. The molecule has 0 aliphatic carbocycles. The Labute approximate surface area is 119 Å². The van der Waals surface area contributed by atoms with Crippen LogP contribution in [0.15, 0.2) is 23.1 Å². The summed E-state index contributed by atoms with van der Waals surface area (Å²) in [5.74, 6) is 0. The fraction of sp³-hybridized carbons (Fsp3) is 0.600. The minimum atomic E-state index is 0.0494. The molecule has 1 atom stereocenters. The molecule has 2 heterocycles. The van der Waals surface area contributed by atoms with Gasteiger partial charge in [-0.1, -0.05) is 0 Å². The first kappa shape index (κ1) is 14.6. The Morgan fingerprint density at radius 3 is 3.05 bits per heavy atom. The summed E-state index contributed by atoms with van der Waals surface area (Å²) < 4.78 is 1.83. The summed E-state index contributed by atoms with van der Waals surface area (Å²) in [4.78, 5) is 14.7. The molecule has 5 nitrogen and oxygen atoms in total. The van der Waals surface area contributed by atoms with E-state index >= 15 is 0 Å². The van der Waals surface area contributed by atoms with Crippen LogP contribution < -0.4 is 10.9 Å². The van der Waals surface area contributed by atoms with E-state index in [9.17, 15) is 4.79 Å². The molecule has 5 heteroatoms. The smallest absolute Gasteiger partial charge is 0.274 e. The van der Waals surface area contributed by atoms with E-state index < -0.39 is 0 Å². The van der Waals surface area contributed by atoms with Gasteiger partial charge in [-0.25, -0.2) is 0 Å². The molecular formula is C15H22N4O. The summed E-state index contributed by atoms with van der Waals surface area (Å²) in [6, 6.07) is 6.39. The molecule has 108 valence electrons. The molecule has 1 aromatic heterocycles. The minimum absolute atomic E-state index is 0.0494. The molecule has 0 saturated carbocycles. The van der Waals surface area contributed by atoms with Crippen LogP contribution >= 0.6 is 0 Å². The van der Waals surface area contributed by atoms with Crippen molar-refractivity contribution in [3.63, 3.8) is 0 Å². The molecule has 0 unspecified atom stereocenters. The summed E-state index contributed by atoms with van der Waals surface area (Å²) >= 11 is 0. The van der Waals surface area contributed by atoms with E-state index in [4.69, 9.17) is 5.26 Å². The number of aromatic nitrogens is 1. The number of anilines is 1. The summed E-state index contributed by atoms with van der Waals surface area (Å²) in [7, 11) is 0. The van der Waals surface area contributed by atoms with Crippen LogP contribution in [0.1, 0.15) is 32.7 Å². The highest BCUT2D eigenvalue weighted by molar-refractivity contribution is 5.41. The van der Waals surface area contributed by atoms with Crippen molar-refractivity contribution in [2.75, 3.05) is 25.0 Å². The Kier molecular flexibility index (Phi) is 4.80. The molecule has 1 fully saturated rings. The second kappa shape index (κ2) is 6.58. The van der Waals surface area contributed by atoms with Crippen molar-refractivity contribution in [3.8, 4) is 6.07 Å². The van der Waals surface area contributed by atoms with E-state index in [-0.39, 0.29) is 17.6 Å². The standard InChI is InChI=1S/C15H22N4O/c1-12(2)17-14-5-3-9-19(15(14)20)13-6-10-18(11-13)8-4-7-16/h3,5,9,12-13,17H,4,6,8,10-11H2,1-2H3/t13-/m1/s1. The second-order valence-electron chi connectivity index (χ2n) is 5.58. The maximum atomic E-state index is 12.4. The van der Waals surface area contributed by atoms with Crippen molar-refractivity contribution < 1.29 is 0 Å². The predicted molar refractivity (Wildman–Crippen MR) is 79.8 cm³/mol. The molecule has 1 aliphatic heterocycles. The van der Waals surface area contributed by atoms with Gasteiger partial charge in [0, 0.05) is 38.3 Å². The van der Waals surface area contributed by atoms with Crippen LogP contribution in [0.3, 0.4) is 0 Å². The van der Waals surface area contributed by atoms with E-state index in [1.165, 1.54) is 0 Å². The van der Waals surface area contributed by atoms with Gasteiger partial charge in [-0.3, -0.25) is 4.79 Å². The zero-order chi connectivity index (χ0) is 14.5. The topological polar surface area (TPSA) is 61.1 Å². The zero-order valence-corrected chi connectivity index (χ0v) is 12.2. The Balaban J connectivity index is 2.10. The summed E-state index contributed by atoms with van der Waals surface area (Å²) in [6.45, 7) is 6.66. The van der Waals surface area contributed by atoms with Crippen molar-refractivity contribution in [2.45, 2.75) is 38.8 Å². The molecule has 1 saturated heterocycles. The largest absolute Gasteiger partial charge is 0.378 e. The Bertz CT molecular complexity index is 544. The lowest BCUT2D eigenvalue weighted by Crippen LogP contribution is -2.30. The van der Waals surface area contributed by atoms with E-state index in [1.807, 2.05) is 36.7 Å². The Hall–Kier alpha value is -1.80. The van der Waals surface area contributed by atoms with Gasteiger partial charge in [-0.15, -0.1) is 0 Å². The van der Waals surface area contributed by atoms with Crippen molar-refractivity contribution in [3.05, 3.63) is 28.7 Å². The molecule has 20 heavy (non-hydrogen) atoms. The SMILES string of the molecule is CC(C)Nc1cccn([C@@H]2CCN(CCC#N)C2)c1=O. The number of hydrogen-bond donors (Lipinski definition) is 1. The molecule has 2 rings (SSSR count). The number of nitriles is 1. The van der Waals surface area contributed by atoms with Crippen molar-refractivity contribution in [1.82, 2.24) is 9.47 Å². The lowest BCUT2D eigenvalue weighted by Gasteiger charge is -2.18. The number of pyridine rings is 1. The number of rotatable bonds is 5. The highest BCUT2D eigenvalue weighted by atomic mass is 16.1. The monoisotopic (exact) mass is 274 g/mol. The van der Waals surface area contributed by atoms with Gasteiger partial charge in [-0.05, 0) is 32.4 Å². The van der Waals surface area contributed by atoms with E-state index in [1.54, 1.807) is 0 Å². The van der Waals surface area contributed by atoms with Gasteiger partial charge in [0.25, 0.3) is 5.56 Å². The lowest BCUT2D eigenvalue weighted by molar-refractivity contribution is 0.330. The van der Waals surface area contributed by atoms with Crippen molar-refractivity contribution in [1.29, 1.82) is 5.26 Å². The van der Waals surface area contributed by atoms with Gasteiger partial charge < -0.3 is 14.8 Å². The first-order valence-corrected chi connectivity index (χ1v) is 7.19. The molecule has 1 aromatic rings. The molecule has 0 spiro atoms. The zero-order valence-electron chi connectivity index (χ0n) is 12.2. The summed E-state index contributed by atoms with van der Waals surface area (Å²) in [6.07, 6.45) is 3.39. The average Bonchev–Trinajstić information content (AvgIpc) is 2.87. The van der Waals surface area contributed by atoms with Crippen LogP contribution in [0.4, 0.5) is 5.69 Å². The maximum Gasteiger partial charge on any atom is 0.274 e. The predicted octanol–water partition coefficient (Wildman–Crippen LogP) is 1.83. The highest BCUT2D eigenvalue weighted by Crippen LogP contribution is 2.20. The van der Waals surface area contributed by atoms with Crippen LogP contribution in [0.5, 0.6) is 0 Å². The number of hydrogen-bond acceptors (Lipinski definition) is 4. The third-order valence-electron chi connectivity index (χ3n) is 3.60. The van der Waals surface area contributed by atoms with Crippen LogP contribution in [0.25, 0.3) is 0 Å². The average molecular weight is 274 g/mol. The van der Waals surface area contributed by atoms with Crippen molar-refractivity contribution in [2.24, 2.45) is 0 Å². The highest BCUT2D eigenvalue weighted by Gasteiger charge is 2.24. The molecule has 1 aliphatic rings. The fourth-order valence-electron chi connectivity index (χ4n) is 2.67. The molecular weight excluding hydrogens is 252 g/mol.